The molecule has 0 bridgehead atoms. The molecular weight excluding hydrogens is 248 g/mol. The first-order valence-electron chi connectivity index (χ1n) is 6.78. The van der Waals surface area contributed by atoms with Crippen molar-refractivity contribution >= 4 is 10.9 Å². The molecule has 3 nitrogen and oxygen atoms in total. The average Bonchev–Trinajstić information content (AvgIpc) is 2.94. The zero-order valence-corrected chi connectivity index (χ0v) is 11.2. The lowest BCUT2D eigenvalue weighted by atomic mass is 9.96. The fourth-order valence-electron chi connectivity index (χ4n) is 2.48. The minimum absolute atomic E-state index is 0.386. The van der Waals surface area contributed by atoms with Crippen molar-refractivity contribution in [2.75, 3.05) is 0 Å². The summed E-state index contributed by atoms with van der Waals surface area (Å²) in [6, 6.07) is 17.6. The zero-order chi connectivity index (χ0) is 13.9. The largest absolute Gasteiger partial charge is 0.391 e. The van der Waals surface area contributed by atoms with Gasteiger partial charge in [-0.1, -0.05) is 42.5 Å². The molecule has 20 heavy (non-hydrogen) atoms. The quantitative estimate of drug-likeness (QED) is 0.680. The number of hydrogen-bond donors (Lipinski definition) is 3. The maximum atomic E-state index is 10.3. The number of aromatic amines is 1. The van der Waals surface area contributed by atoms with Crippen molar-refractivity contribution in [2.45, 2.75) is 18.6 Å². The van der Waals surface area contributed by atoms with Crippen LogP contribution in [0.4, 0.5) is 0 Å². The van der Waals surface area contributed by atoms with Crippen LogP contribution in [0.2, 0.25) is 0 Å². The molecule has 0 spiro atoms. The maximum absolute atomic E-state index is 10.3. The lowest BCUT2D eigenvalue weighted by molar-refractivity contribution is 0.145. The van der Waals surface area contributed by atoms with Crippen LogP contribution in [0.15, 0.2) is 60.8 Å². The Morgan fingerprint density at radius 3 is 2.65 bits per heavy atom. The molecule has 0 saturated heterocycles. The molecule has 4 N–H and O–H groups in total. The van der Waals surface area contributed by atoms with Gasteiger partial charge in [-0.2, -0.15) is 0 Å². The average molecular weight is 266 g/mol. The van der Waals surface area contributed by atoms with Gasteiger partial charge in [-0.05, 0) is 28.6 Å². The summed E-state index contributed by atoms with van der Waals surface area (Å²) in [6.45, 7) is 0. The Kier molecular flexibility index (Phi) is 3.54. The van der Waals surface area contributed by atoms with Gasteiger partial charge in [-0.25, -0.2) is 0 Å². The molecule has 0 aliphatic heterocycles. The number of aliphatic hydroxyl groups excluding tert-OH is 1. The summed E-state index contributed by atoms with van der Waals surface area (Å²) in [5.41, 5.74) is 9.27. The number of hydrogen-bond acceptors (Lipinski definition) is 2. The number of aromatic nitrogens is 1. The number of fused-ring (bicyclic) bond motifs is 1. The Bertz CT molecular complexity index is 690. The van der Waals surface area contributed by atoms with Gasteiger partial charge in [0, 0.05) is 18.1 Å². The summed E-state index contributed by atoms with van der Waals surface area (Å²) in [7, 11) is 0. The van der Waals surface area contributed by atoms with E-state index in [1.54, 1.807) is 0 Å². The lowest BCUT2D eigenvalue weighted by Gasteiger charge is -2.19. The molecule has 1 heterocycles. The van der Waals surface area contributed by atoms with Crippen molar-refractivity contribution in [3.63, 3.8) is 0 Å². The van der Waals surface area contributed by atoms with Gasteiger partial charge in [-0.3, -0.25) is 0 Å². The molecule has 102 valence electrons. The van der Waals surface area contributed by atoms with Gasteiger partial charge < -0.3 is 15.8 Å². The smallest absolute Gasteiger partial charge is 0.0773 e. The van der Waals surface area contributed by atoms with Gasteiger partial charge in [0.25, 0.3) is 0 Å². The van der Waals surface area contributed by atoms with Crippen LogP contribution in [0.1, 0.15) is 17.2 Å². The summed E-state index contributed by atoms with van der Waals surface area (Å²) in [6.07, 6.45) is 1.87. The molecule has 0 unspecified atom stereocenters. The van der Waals surface area contributed by atoms with E-state index in [1.165, 1.54) is 0 Å². The first kappa shape index (κ1) is 12.9. The molecule has 2 atom stereocenters. The van der Waals surface area contributed by atoms with Crippen LogP contribution < -0.4 is 5.73 Å². The van der Waals surface area contributed by atoms with Crippen LogP contribution in [0.5, 0.6) is 0 Å². The Morgan fingerprint density at radius 1 is 1.05 bits per heavy atom. The highest BCUT2D eigenvalue weighted by Crippen LogP contribution is 2.22. The standard InChI is InChI=1S/C17H18N2O/c18-17(16(20)10-12-4-2-1-3-5-12)14-7-6-13-8-9-19-15(13)11-14/h1-9,11,16-17,19-20H,10,18H2/t16-,17+/m1/s1. The van der Waals surface area contributed by atoms with Crippen LogP contribution in [0, 0.1) is 0 Å². The van der Waals surface area contributed by atoms with Crippen molar-refractivity contribution in [1.29, 1.82) is 0 Å². The zero-order valence-electron chi connectivity index (χ0n) is 11.2. The number of H-pyrrole nitrogens is 1. The summed E-state index contributed by atoms with van der Waals surface area (Å²) in [4.78, 5) is 3.17. The van der Waals surface area contributed by atoms with Crippen molar-refractivity contribution in [2.24, 2.45) is 5.73 Å². The number of benzene rings is 2. The lowest BCUT2D eigenvalue weighted by Crippen LogP contribution is -2.28. The van der Waals surface area contributed by atoms with Crippen LogP contribution in [-0.4, -0.2) is 16.2 Å². The van der Waals surface area contributed by atoms with Gasteiger partial charge in [0.2, 0.25) is 0 Å². The first-order valence-corrected chi connectivity index (χ1v) is 6.78. The van der Waals surface area contributed by atoms with Crippen LogP contribution in [0.3, 0.4) is 0 Å². The summed E-state index contributed by atoms with van der Waals surface area (Å²) < 4.78 is 0. The minimum atomic E-state index is -0.593. The molecule has 3 aromatic rings. The van der Waals surface area contributed by atoms with Crippen molar-refractivity contribution < 1.29 is 5.11 Å². The minimum Gasteiger partial charge on any atom is -0.391 e. The predicted molar refractivity (Wildman–Crippen MR) is 81.4 cm³/mol. The highest BCUT2D eigenvalue weighted by Gasteiger charge is 2.17. The highest BCUT2D eigenvalue weighted by atomic mass is 16.3. The SMILES string of the molecule is N[C@@H](c1ccc2cc[nH]c2c1)[C@H](O)Cc1ccccc1. The Balaban J connectivity index is 1.78. The second kappa shape index (κ2) is 5.49. The topological polar surface area (TPSA) is 62.0 Å². The molecule has 0 radical (unpaired) electrons. The Labute approximate surface area is 118 Å². The highest BCUT2D eigenvalue weighted by molar-refractivity contribution is 5.80. The molecule has 2 aromatic carbocycles. The Hall–Kier alpha value is -2.10. The molecule has 3 heteroatoms. The molecule has 0 fully saturated rings. The van der Waals surface area contributed by atoms with Gasteiger partial charge in [0.15, 0.2) is 0 Å². The van der Waals surface area contributed by atoms with E-state index in [-0.39, 0.29) is 6.04 Å². The third-order valence-corrected chi connectivity index (χ3v) is 3.67. The third-order valence-electron chi connectivity index (χ3n) is 3.67. The van der Waals surface area contributed by atoms with E-state index in [1.807, 2.05) is 60.8 Å². The fourth-order valence-corrected chi connectivity index (χ4v) is 2.48. The summed E-state index contributed by atoms with van der Waals surface area (Å²) in [5.74, 6) is 0. The van der Waals surface area contributed by atoms with Crippen LogP contribution in [0.25, 0.3) is 10.9 Å². The molecule has 3 rings (SSSR count). The second-order valence-electron chi connectivity index (χ2n) is 5.11. The van der Waals surface area contributed by atoms with E-state index in [0.29, 0.717) is 6.42 Å². The number of rotatable bonds is 4. The van der Waals surface area contributed by atoms with Crippen LogP contribution in [-0.2, 0) is 6.42 Å². The van der Waals surface area contributed by atoms with Gasteiger partial charge in [-0.15, -0.1) is 0 Å². The van der Waals surface area contributed by atoms with Crippen molar-refractivity contribution in [3.8, 4) is 0 Å². The number of aliphatic hydroxyl groups is 1. The molecule has 0 saturated carbocycles. The monoisotopic (exact) mass is 266 g/mol. The maximum Gasteiger partial charge on any atom is 0.0773 e. The number of nitrogens with one attached hydrogen (secondary N) is 1. The molecule has 0 amide bonds. The molecular formula is C17H18N2O. The van der Waals surface area contributed by atoms with Crippen molar-refractivity contribution in [1.82, 2.24) is 4.98 Å². The van der Waals surface area contributed by atoms with E-state index in [2.05, 4.69) is 4.98 Å². The normalized spacial score (nSPS) is 14.3. The first-order chi connectivity index (χ1) is 9.74. The van der Waals surface area contributed by atoms with E-state index in [4.69, 9.17) is 5.73 Å². The van der Waals surface area contributed by atoms with E-state index >= 15 is 0 Å². The predicted octanol–water partition coefficient (Wildman–Crippen LogP) is 2.77. The Morgan fingerprint density at radius 2 is 1.85 bits per heavy atom. The van der Waals surface area contributed by atoms with Gasteiger partial charge in [0.1, 0.15) is 0 Å². The van der Waals surface area contributed by atoms with Crippen molar-refractivity contribution in [3.05, 3.63) is 71.9 Å². The number of nitrogens with two attached hydrogens (primary N) is 1. The fraction of sp³-hybridized carbons (Fsp3) is 0.176. The van der Waals surface area contributed by atoms with Gasteiger partial charge in [0.05, 0.1) is 12.1 Å². The summed E-state index contributed by atoms with van der Waals surface area (Å²) in [5, 5.41) is 11.5. The van der Waals surface area contributed by atoms with E-state index in [9.17, 15) is 5.11 Å². The van der Waals surface area contributed by atoms with E-state index in [0.717, 1.165) is 22.0 Å². The molecule has 0 aliphatic carbocycles. The molecule has 1 aromatic heterocycles. The second-order valence-corrected chi connectivity index (χ2v) is 5.11. The third kappa shape index (κ3) is 2.59. The van der Waals surface area contributed by atoms with Gasteiger partial charge >= 0.3 is 0 Å². The summed E-state index contributed by atoms with van der Waals surface area (Å²) >= 11 is 0. The van der Waals surface area contributed by atoms with E-state index < -0.39 is 6.10 Å². The van der Waals surface area contributed by atoms with Crippen LogP contribution >= 0.6 is 0 Å². The molecule has 0 aliphatic rings.